The van der Waals surface area contributed by atoms with Gasteiger partial charge in [-0.1, -0.05) is 74.0 Å². The summed E-state index contributed by atoms with van der Waals surface area (Å²) in [4.78, 5) is 15.8. The number of aryl methyl sites for hydroxylation is 1. The van der Waals surface area contributed by atoms with Crippen molar-refractivity contribution in [1.82, 2.24) is 9.47 Å². The number of urea groups is 1. The van der Waals surface area contributed by atoms with Crippen molar-refractivity contribution in [1.29, 1.82) is 0 Å². The van der Waals surface area contributed by atoms with E-state index in [0.29, 0.717) is 17.5 Å². The van der Waals surface area contributed by atoms with Gasteiger partial charge < -0.3 is 14.8 Å². The van der Waals surface area contributed by atoms with E-state index >= 15 is 0 Å². The smallest absolute Gasteiger partial charge is 0.318 e. The van der Waals surface area contributed by atoms with E-state index in [1.54, 1.807) is 6.07 Å². The first-order valence-corrected chi connectivity index (χ1v) is 12.0. The molecule has 1 aliphatic rings. The van der Waals surface area contributed by atoms with Crippen LogP contribution in [0.1, 0.15) is 53.8 Å². The summed E-state index contributed by atoms with van der Waals surface area (Å²) in [6.07, 6.45) is 2.08. The van der Waals surface area contributed by atoms with Crippen molar-refractivity contribution >= 4 is 23.3 Å². The summed E-state index contributed by atoms with van der Waals surface area (Å²) in [5.41, 5.74) is 7.30. The van der Waals surface area contributed by atoms with E-state index in [4.69, 9.17) is 11.6 Å². The standard InChI is InChI=1S/C29H28ClN3O/c1-19(2)21-11-13-22(14-12-21)28-27-9-6-16-32(27)26-8-5-4-7-23(26)18-33(28)29(34)31-25-17-24(30)15-10-20(25)3/h4-17,19,28H,18H2,1-3H3,(H,31,34)/t28-/m0/s1. The van der Waals surface area contributed by atoms with E-state index < -0.39 is 0 Å². The van der Waals surface area contributed by atoms with E-state index in [0.717, 1.165) is 33.8 Å². The van der Waals surface area contributed by atoms with Crippen LogP contribution >= 0.6 is 11.6 Å². The fourth-order valence-electron chi connectivity index (χ4n) is 4.67. The molecular weight excluding hydrogens is 442 g/mol. The highest BCUT2D eigenvalue weighted by Gasteiger charge is 2.33. The maximum absolute atomic E-state index is 13.8. The molecule has 2 amide bonds. The topological polar surface area (TPSA) is 37.3 Å². The van der Waals surface area contributed by atoms with Gasteiger partial charge in [0, 0.05) is 22.6 Å². The van der Waals surface area contributed by atoms with Crippen molar-refractivity contribution in [2.45, 2.75) is 39.3 Å². The second kappa shape index (κ2) is 9.03. The van der Waals surface area contributed by atoms with Crippen LogP contribution in [0.3, 0.4) is 0 Å². The molecule has 5 rings (SSSR count). The zero-order chi connectivity index (χ0) is 23.8. The number of carbonyl (C=O) groups excluding carboxylic acids is 1. The van der Waals surface area contributed by atoms with Gasteiger partial charge in [-0.2, -0.15) is 0 Å². The molecule has 172 valence electrons. The first-order valence-electron chi connectivity index (χ1n) is 11.6. The number of carbonyl (C=O) groups is 1. The van der Waals surface area contributed by atoms with E-state index in [2.05, 4.69) is 72.4 Å². The average Bonchev–Trinajstić information content (AvgIpc) is 3.25. The predicted molar refractivity (Wildman–Crippen MR) is 139 cm³/mol. The summed E-state index contributed by atoms with van der Waals surface area (Å²) in [6, 6.07) is 26.2. The Labute approximate surface area is 205 Å². The van der Waals surface area contributed by atoms with Gasteiger partial charge in [0.25, 0.3) is 0 Å². The molecule has 0 aliphatic carbocycles. The molecule has 5 heteroatoms. The van der Waals surface area contributed by atoms with Crippen LogP contribution in [-0.2, 0) is 6.54 Å². The summed E-state index contributed by atoms with van der Waals surface area (Å²) in [5.74, 6) is 0.446. The number of para-hydroxylation sites is 1. The lowest BCUT2D eigenvalue weighted by atomic mass is 9.97. The number of halogens is 1. The van der Waals surface area contributed by atoms with Crippen LogP contribution in [0.25, 0.3) is 5.69 Å². The van der Waals surface area contributed by atoms with Crippen molar-refractivity contribution in [3.8, 4) is 5.69 Å². The van der Waals surface area contributed by atoms with Gasteiger partial charge in [0.2, 0.25) is 0 Å². The highest BCUT2D eigenvalue weighted by Crippen LogP contribution is 2.37. The third-order valence-electron chi connectivity index (χ3n) is 6.58. The molecule has 0 bridgehead atoms. The number of amides is 2. The molecule has 0 fully saturated rings. The Morgan fingerprint density at radius 3 is 2.53 bits per heavy atom. The third-order valence-corrected chi connectivity index (χ3v) is 6.82. The summed E-state index contributed by atoms with van der Waals surface area (Å²) in [5, 5.41) is 3.72. The minimum atomic E-state index is -0.247. The van der Waals surface area contributed by atoms with Crippen LogP contribution in [0.2, 0.25) is 5.02 Å². The Hall–Kier alpha value is -3.50. The van der Waals surface area contributed by atoms with E-state index in [-0.39, 0.29) is 12.1 Å². The Morgan fingerprint density at radius 2 is 1.76 bits per heavy atom. The van der Waals surface area contributed by atoms with Crippen molar-refractivity contribution in [2.24, 2.45) is 0 Å². The van der Waals surface area contributed by atoms with Gasteiger partial charge in [0.1, 0.15) is 0 Å². The number of hydrogen-bond acceptors (Lipinski definition) is 1. The minimum absolute atomic E-state index is 0.159. The normalized spacial score (nSPS) is 15.0. The molecule has 0 unspecified atom stereocenters. The molecule has 1 N–H and O–H groups in total. The van der Waals surface area contributed by atoms with Crippen LogP contribution in [-0.4, -0.2) is 15.5 Å². The third kappa shape index (κ3) is 4.10. The van der Waals surface area contributed by atoms with Gasteiger partial charge in [0.15, 0.2) is 0 Å². The zero-order valence-electron chi connectivity index (χ0n) is 19.6. The number of anilines is 1. The molecule has 3 aromatic carbocycles. The molecule has 0 saturated heterocycles. The van der Waals surface area contributed by atoms with Crippen LogP contribution in [0.4, 0.5) is 10.5 Å². The number of fused-ring (bicyclic) bond motifs is 3. The SMILES string of the molecule is Cc1ccc(Cl)cc1NC(=O)N1Cc2ccccc2-n2cccc2[C@@H]1c1ccc(C(C)C)cc1. The second-order valence-electron chi connectivity index (χ2n) is 9.17. The molecule has 1 aromatic heterocycles. The van der Waals surface area contributed by atoms with Gasteiger partial charge in [-0.3, -0.25) is 0 Å². The van der Waals surface area contributed by atoms with E-state index in [1.165, 1.54) is 5.56 Å². The first kappa shape index (κ1) is 22.3. The number of benzene rings is 3. The van der Waals surface area contributed by atoms with Crippen LogP contribution in [0.15, 0.2) is 85.1 Å². The van der Waals surface area contributed by atoms with Crippen LogP contribution in [0.5, 0.6) is 0 Å². The summed E-state index contributed by atoms with van der Waals surface area (Å²) < 4.78 is 2.20. The zero-order valence-corrected chi connectivity index (χ0v) is 20.4. The largest absolute Gasteiger partial charge is 0.322 e. The maximum atomic E-state index is 13.8. The molecule has 4 nitrogen and oxygen atoms in total. The van der Waals surface area contributed by atoms with Gasteiger partial charge in [-0.05, 0) is 65.4 Å². The highest BCUT2D eigenvalue weighted by molar-refractivity contribution is 6.31. The number of rotatable bonds is 3. The Balaban J connectivity index is 1.62. The minimum Gasteiger partial charge on any atom is -0.318 e. The lowest BCUT2D eigenvalue weighted by Gasteiger charge is -2.31. The average molecular weight is 470 g/mol. The van der Waals surface area contributed by atoms with Crippen molar-refractivity contribution in [3.05, 3.63) is 118 Å². The number of nitrogens with one attached hydrogen (secondary N) is 1. The quantitative estimate of drug-likeness (QED) is 0.328. The summed E-state index contributed by atoms with van der Waals surface area (Å²) >= 11 is 6.23. The lowest BCUT2D eigenvalue weighted by molar-refractivity contribution is 0.194. The molecule has 2 heterocycles. The van der Waals surface area contributed by atoms with E-state index in [9.17, 15) is 4.79 Å². The fourth-order valence-corrected chi connectivity index (χ4v) is 4.84. The van der Waals surface area contributed by atoms with Gasteiger partial charge in [-0.25, -0.2) is 4.79 Å². The van der Waals surface area contributed by atoms with Crippen LogP contribution < -0.4 is 5.32 Å². The molecule has 0 radical (unpaired) electrons. The van der Waals surface area contributed by atoms with Crippen molar-refractivity contribution < 1.29 is 4.79 Å². The van der Waals surface area contributed by atoms with Crippen LogP contribution in [0, 0.1) is 6.92 Å². The lowest BCUT2D eigenvalue weighted by Crippen LogP contribution is -2.38. The van der Waals surface area contributed by atoms with Gasteiger partial charge in [-0.15, -0.1) is 0 Å². The number of hydrogen-bond donors (Lipinski definition) is 1. The molecule has 34 heavy (non-hydrogen) atoms. The first-order chi connectivity index (χ1) is 16.4. The van der Waals surface area contributed by atoms with Gasteiger partial charge >= 0.3 is 6.03 Å². The molecule has 0 saturated carbocycles. The van der Waals surface area contributed by atoms with Gasteiger partial charge in [0.05, 0.1) is 18.3 Å². The Kier molecular flexibility index (Phi) is 5.93. The Bertz CT molecular complexity index is 1340. The molecule has 1 aliphatic heterocycles. The predicted octanol–water partition coefficient (Wildman–Crippen LogP) is 7.70. The summed E-state index contributed by atoms with van der Waals surface area (Å²) in [7, 11) is 0. The Morgan fingerprint density at radius 1 is 1.00 bits per heavy atom. The van der Waals surface area contributed by atoms with Crippen molar-refractivity contribution in [3.63, 3.8) is 0 Å². The highest BCUT2D eigenvalue weighted by atomic mass is 35.5. The maximum Gasteiger partial charge on any atom is 0.322 e. The number of nitrogens with zero attached hydrogens (tertiary/aromatic N) is 2. The second-order valence-corrected chi connectivity index (χ2v) is 9.61. The summed E-state index contributed by atoms with van der Waals surface area (Å²) in [6.45, 7) is 6.84. The number of aromatic nitrogens is 1. The molecule has 4 aromatic rings. The van der Waals surface area contributed by atoms with Crippen molar-refractivity contribution in [2.75, 3.05) is 5.32 Å². The van der Waals surface area contributed by atoms with E-state index in [1.807, 2.05) is 42.2 Å². The molecule has 1 atom stereocenters. The molecular formula is C29H28ClN3O. The molecule has 0 spiro atoms. The monoisotopic (exact) mass is 469 g/mol. The fraction of sp³-hybridized carbons (Fsp3) is 0.207.